The minimum atomic E-state index is -2.10. The number of allylic oxidation sites excluding steroid dienone is 12. The second kappa shape index (κ2) is 57.8. The zero-order chi connectivity index (χ0) is 90.5. The van der Waals surface area contributed by atoms with Gasteiger partial charge in [-0.05, 0) is 102 Å². The number of hydrogen-bond acceptors (Lipinski definition) is 32. The van der Waals surface area contributed by atoms with Gasteiger partial charge in [-0.15, -0.1) is 24.1 Å². The molecule has 1 aromatic rings. The van der Waals surface area contributed by atoms with Crippen molar-refractivity contribution in [2.75, 3.05) is 72.6 Å². The van der Waals surface area contributed by atoms with Gasteiger partial charge in [0.15, 0.2) is 43.2 Å². The number of unbranched alkanes of at least 4 members (excludes halogenated alkanes) is 4. The van der Waals surface area contributed by atoms with Crippen LogP contribution in [0, 0.1) is 24.2 Å². The summed E-state index contributed by atoms with van der Waals surface area (Å²) in [7, 11) is 2.42. The summed E-state index contributed by atoms with van der Waals surface area (Å²) in [6.45, 7) is 0.991. The number of likely N-dealkylation sites (tertiary alicyclic amines) is 1. The van der Waals surface area contributed by atoms with Crippen molar-refractivity contribution < 1.29 is 156 Å². The number of Topliss-reactive ketones (excluding diaryl/α,β-unsaturated/α-hetero) is 2. The van der Waals surface area contributed by atoms with E-state index in [0.717, 1.165) is 61.4 Å². The number of imide groups is 1. The number of alkyl carbamates (subject to hydrolysis) is 2. The Bertz CT molecular complexity index is 3640. The Morgan fingerprint density at radius 1 is 0.565 bits per heavy atom. The highest BCUT2D eigenvalue weighted by atomic mass is 32.2. The lowest BCUT2D eigenvalue weighted by Crippen LogP contribution is -2.64. The number of amides is 5. The molecule has 0 aliphatic carbocycles. The molecule has 5 fully saturated rings. The van der Waals surface area contributed by atoms with Crippen LogP contribution in [-0.4, -0.2) is 321 Å². The van der Waals surface area contributed by atoms with Crippen molar-refractivity contribution in [3.8, 4) is 12.3 Å². The average molecular weight is 1770 g/mol. The summed E-state index contributed by atoms with van der Waals surface area (Å²) in [6, 6.07) is 7.99. The van der Waals surface area contributed by atoms with Crippen LogP contribution in [0.15, 0.2) is 103 Å². The van der Waals surface area contributed by atoms with Gasteiger partial charge in [0.2, 0.25) is 17.7 Å². The number of carbonyl (C=O) groups is 9. The van der Waals surface area contributed by atoms with Crippen LogP contribution in [0.1, 0.15) is 148 Å². The van der Waals surface area contributed by atoms with Crippen molar-refractivity contribution in [1.29, 1.82) is 0 Å². The van der Waals surface area contributed by atoms with Gasteiger partial charge in [0, 0.05) is 78.1 Å². The third kappa shape index (κ3) is 35.5. The lowest BCUT2D eigenvalue weighted by molar-refractivity contribution is -0.346. The van der Waals surface area contributed by atoms with Crippen LogP contribution in [-0.2, 0) is 96.8 Å². The first-order chi connectivity index (χ1) is 59.7. The third-order valence-corrected chi connectivity index (χ3v) is 22.4. The fourth-order valence-electron chi connectivity index (χ4n) is 14.0. The second-order valence-electron chi connectivity index (χ2n) is 30.5. The topological polar surface area (TPSA) is 526 Å². The lowest BCUT2D eigenvalue weighted by Gasteiger charge is -2.45. The van der Waals surface area contributed by atoms with E-state index < -0.39 is 207 Å². The van der Waals surface area contributed by atoms with Crippen molar-refractivity contribution in [3.63, 3.8) is 0 Å². The highest BCUT2D eigenvalue weighted by Crippen LogP contribution is 2.33. The molecule has 0 bridgehead atoms. The zero-order valence-corrected chi connectivity index (χ0v) is 71.6. The predicted molar refractivity (Wildman–Crippen MR) is 446 cm³/mol. The number of esters is 1. The number of hydrogen-bond donors (Lipinski definition) is 14. The average Bonchev–Trinajstić information content (AvgIpc) is 1.08. The van der Waals surface area contributed by atoms with Crippen molar-refractivity contribution in [2.24, 2.45) is 11.8 Å². The SMILES string of the molecule is C#CCCCC(=O)N[C@H](Cc1ccccc1)C(=O)C[C@@H](CCCCNC(=O)O[C@@H]1C(O)[C@H](OCC2O[C@@H](OCC3O[C@H](OC)C(O)[C@@H](OC(=O)NCCCCCN4C(=O)CC(SC[C@@H](CC(=O)CC/C=C\C/C=C\C/C=C\C/C=C\C/C=C\C/C=C\CC)C(=O)O)C4=O)[C@@H]3O)C(O)[C@@H](O)[C@@H]2O)OC(CO[C@@H]2OC(COC)[C@@H](O)[C@H](O)C2O)[C@H]1O)C(=O)OCC. The van der Waals surface area contributed by atoms with Gasteiger partial charge in [-0.2, -0.15) is 0 Å². The smallest absolute Gasteiger partial charge is 0.407 e. The van der Waals surface area contributed by atoms with Gasteiger partial charge in [-0.3, -0.25) is 38.5 Å². The summed E-state index contributed by atoms with van der Waals surface area (Å²) in [6.07, 6.45) is -0.272. The predicted octanol–water partition coefficient (Wildman–Crippen LogP) is 3.04. The number of ketones is 2. The van der Waals surface area contributed by atoms with E-state index in [1.807, 2.05) is 18.2 Å². The first kappa shape index (κ1) is 105. The highest BCUT2D eigenvalue weighted by Gasteiger charge is 2.53. The van der Waals surface area contributed by atoms with Crippen molar-refractivity contribution >= 4 is 65.2 Å². The van der Waals surface area contributed by atoms with Crippen molar-refractivity contribution in [2.45, 2.75) is 283 Å². The number of rotatable bonds is 56. The molecule has 6 rings (SSSR count). The largest absolute Gasteiger partial charge is 0.481 e. The monoisotopic (exact) mass is 1770 g/mol. The third-order valence-electron chi connectivity index (χ3n) is 21.0. The number of carbonyl (C=O) groups excluding carboxylic acids is 8. The number of aliphatic hydroxyl groups excluding tert-OH is 10. The number of nitrogens with one attached hydrogen (secondary N) is 3. The minimum absolute atomic E-state index is 0.0109. The molecule has 0 spiro atoms. The van der Waals surface area contributed by atoms with Crippen LogP contribution >= 0.6 is 11.8 Å². The maximum atomic E-state index is 13.9. The Morgan fingerprint density at radius 2 is 1.06 bits per heavy atom. The van der Waals surface area contributed by atoms with E-state index in [0.29, 0.717) is 44.9 Å². The standard InChI is InChI=1S/C87H128N4O32S/c1-6-9-11-12-13-14-15-16-17-18-19-20-21-22-23-24-25-26-32-40-57(92)46-56(80(107)108)53-124-64-48-66(95)91(79(64)106)44-36-28-34-42-88-86(110)122-77-69(98)62(118-82(113-5)75(77)104)51-115-84-74(103)72(101)68(97)61(120-84)50-117-85-76(105)78(70(99)63(121-85)52-116-83-73(102)71(100)67(96)60(119-83)49-112-4)123-87(111)89-43-35-33-39-55(81(109)114-8-3)47-59(93)58(45-54-37-30-27-31-38-54)90-65(94)41-29-10-7-2/h2,9,11,13-14,16-17,19-20,22-23,25-27,30-31,37-38,55-56,58,60-64,67-78,82-85,96-105H,6,8,10,12,15,18,21,24,28-29,32-36,39-53H2,1,3-5H3,(H,88,110)(H,89,111)(H,90,94)(H,107,108)/b11-9-,14-13-,17-16-,20-19-,23-22-,26-25-/t55-,56-,58-,60?,61?,62?,63?,64?,67-,68-,69-,70-,71+,72+,73?,74?,75?,76?,77+,78+,82+,83-,84-,85-/m1/s1. The molecule has 9 unspecified atom stereocenters. The Morgan fingerprint density at radius 3 is 1.56 bits per heavy atom. The number of carboxylic acid groups (broad SMARTS) is 1. The van der Waals surface area contributed by atoms with Gasteiger partial charge >= 0.3 is 24.1 Å². The molecule has 36 nitrogen and oxygen atoms in total. The van der Waals surface area contributed by atoms with Crippen LogP contribution in [0.5, 0.6) is 0 Å². The molecule has 5 aliphatic heterocycles. The summed E-state index contributed by atoms with van der Waals surface area (Å²) in [5.41, 5.74) is 0.763. The number of aliphatic hydroxyl groups is 10. The van der Waals surface area contributed by atoms with Gasteiger partial charge in [0.1, 0.15) is 91.2 Å². The number of terminal acetylenes is 1. The normalized spacial score (nSPS) is 28.8. The summed E-state index contributed by atoms with van der Waals surface area (Å²) in [5, 5.41) is 128. The number of methoxy groups -OCH3 is 2. The minimum Gasteiger partial charge on any atom is -0.481 e. The second-order valence-corrected chi connectivity index (χ2v) is 31.8. The molecule has 5 aliphatic rings. The molecule has 1 aromatic carbocycles. The molecule has 124 heavy (non-hydrogen) atoms. The van der Waals surface area contributed by atoms with E-state index >= 15 is 0 Å². The molecule has 0 radical (unpaired) electrons. The number of carboxylic acids is 1. The Kier molecular flexibility index (Phi) is 49.0. The first-order valence-corrected chi connectivity index (χ1v) is 43.5. The van der Waals surface area contributed by atoms with E-state index in [2.05, 4.69) is 83.5 Å². The molecular weight excluding hydrogens is 1650 g/mol. The zero-order valence-electron chi connectivity index (χ0n) is 70.8. The molecule has 14 N–H and O–H groups in total. The number of aliphatic carboxylic acids is 1. The molecule has 5 amide bonds. The summed E-state index contributed by atoms with van der Waals surface area (Å²) >= 11 is 1.02. The molecule has 37 heteroatoms. The maximum Gasteiger partial charge on any atom is 0.407 e. The Hall–Kier alpha value is -7.76. The van der Waals surface area contributed by atoms with E-state index in [1.54, 1.807) is 37.3 Å². The number of benzene rings is 1. The molecule has 0 aromatic heterocycles. The van der Waals surface area contributed by atoms with E-state index in [4.69, 9.17) is 63.3 Å². The van der Waals surface area contributed by atoms with E-state index in [1.165, 1.54) is 7.11 Å². The lowest BCUT2D eigenvalue weighted by atomic mass is 9.91. The molecule has 0 saturated carbocycles. The first-order valence-electron chi connectivity index (χ1n) is 42.4. The quantitative estimate of drug-likeness (QED) is 0.0111. The Balaban J connectivity index is 0.957. The Labute approximate surface area is 727 Å². The number of nitrogens with zero attached hydrogens (tertiary/aromatic N) is 1. The molecule has 5 heterocycles. The molecule has 694 valence electrons. The van der Waals surface area contributed by atoms with Crippen LogP contribution < -0.4 is 16.0 Å². The van der Waals surface area contributed by atoms with Crippen LogP contribution in [0.4, 0.5) is 9.59 Å². The van der Waals surface area contributed by atoms with Crippen LogP contribution in [0.25, 0.3) is 0 Å². The van der Waals surface area contributed by atoms with Crippen molar-refractivity contribution in [3.05, 3.63) is 109 Å². The van der Waals surface area contributed by atoms with Crippen LogP contribution in [0.2, 0.25) is 0 Å². The summed E-state index contributed by atoms with van der Waals surface area (Å²) in [5.74, 6) is -3.37. The molecule has 5 saturated heterocycles. The van der Waals surface area contributed by atoms with Gasteiger partial charge in [-0.25, -0.2) is 9.59 Å². The van der Waals surface area contributed by atoms with E-state index in [9.17, 15) is 99.3 Å². The van der Waals surface area contributed by atoms with Crippen molar-refractivity contribution in [1.82, 2.24) is 20.9 Å². The maximum absolute atomic E-state index is 13.9. The molecule has 24 atom stereocenters. The fraction of sp³-hybridized carbons (Fsp3) is 0.667. The van der Waals surface area contributed by atoms with Gasteiger partial charge < -0.3 is 129 Å². The number of thioether (sulfide) groups is 1. The van der Waals surface area contributed by atoms with Crippen LogP contribution in [0.3, 0.4) is 0 Å². The summed E-state index contributed by atoms with van der Waals surface area (Å²) in [4.78, 5) is 119. The number of ether oxygens (including phenoxy) is 12. The van der Waals surface area contributed by atoms with Gasteiger partial charge in [0.25, 0.3) is 0 Å². The van der Waals surface area contributed by atoms with Gasteiger partial charge in [-0.1, -0.05) is 117 Å². The summed E-state index contributed by atoms with van der Waals surface area (Å²) < 4.78 is 67.2. The highest BCUT2D eigenvalue weighted by molar-refractivity contribution is 8.00. The van der Waals surface area contributed by atoms with E-state index in [-0.39, 0.29) is 108 Å². The van der Waals surface area contributed by atoms with Gasteiger partial charge in [0.05, 0.1) is 56.2 Å². The molecular formula is C87H128N4O32S. The fourth-order valence-corrected chi connectivity index (χ4v) is 15.3.